The van der Waals surface area contributed by atoms with Crippen molar-refractivity contribution in [1.82, 2.24) is 19.9 Å². The number of aryl methyl sites for hydroxylation is 2. The second-order valence-corrected chi connectivity index (χ2v) is 6.68. The average molecular weight is 434 g/mol. The molecular weight excluding hydrogens is 412 g/mol. The Morgan fingerprint density at radius 2 is 2.19 bits per heavy atom. The van der Waals surface area contributed by atoms with Crippen LogP contribution in [0, 0.1) is 0 Å². The van der Waals surface area contributed by atoms with E-state index in [1.807, 2.05) is 18.2 Å². The standard InChI is InChI=1S/C18H21BrN6O2/c1-4-24-12-7-6-11(27-3)8-13(12)25(5-2)15(24)10-22-18(26)16-17(20)21-9-14(19)23-16/h6-9H,4-5,10H2,1-3H3,(H2-,20,21,22,26)/p+1. The molecule has 3 rings (SSSR count). The number of halogens is 1. The van der Waals surface area contributed by atoms with Crippen LogP contribution in [0.4, 0.5) is 5.82 Å². The highest BCUT2D eigenvalue weighted by Gasteiger charge is 2.25. The Bertz CT molecular complexity index is 1000. The summed E-state index contributed by atoms with van der Waals surface area (Å²) in [4.78, 5) is 20.6. The number of nitrogens with one attached hydrogen (secondary N) is 1. The van der Waals surface area contributed by atoms with Crippen molar-refractivity contribution >= 4 is 38.7 Å². The summed E-state index contributed by atoms with van der Waals surface area (Å²) < 4.78 is 10.2. The van der Waals surface area contributed by atoms with Crippen LogP contribution in [-0.2, 0) is 19.6 Å². The van der Waals surface area contributed by atoms with Crippen LogP contribution in [0.2, 0.25) is 0 Å². The number of anilines is 1. The summed E-state index contributed by atoms with van der Waals surface area (Å²) >= 11 is 3.21. The Kier molecular flexibility index (Phi) is 5.59. The predicted octanol–water partition coefficient (Wildman–Crippen LogP) is 2.04. The van der Waals surface area contributed by atoms with Crippen LogP contribution in [0.15, 0.2) is 29.0 Å². The zero-order chi connectivity index (χ0) is 19.6. The summed E-state index contributed by atoms with van der Waals surface area (Å²) in [5.41, 5.74) is 8.04. The topological polar surface area (TPSA) is 98.9 Å². The number of fused-ring (bicyclic) bond motifs is 1. The van der Waals surface area contributed by atoms with E-state index in [1.54, 1.807) is 7.11 Å². The van der Waals surface area contributed by atoms with E-state index < -0.39 is 0 Å². The van der Waals surface area contributed by atoms with Crippen LogP contribution in [0.3, 0.4) is 0 Å². The fourth-order valence-corrected chi connectivity index (χ4v) is 3.46. The molecule has 0 saturated heterocycles. The van der Waals surface area contributed by atoms with Crippen LogP contribution in [0.25, 0.3) is 11.0 Å². The van der Waals surface area contributed by atoms with Gasteiger partial charge in [-0.2, -0.15) is 0 Å². The average Bonchev–Trinajstić information content (AvgIpc) is 2.99. The van der Waals surface area contributed by atoms with Crippen LogP contribution in [-0.4, -0.2) is 27.6 Å². The number of imidazole rings is 1. The molecule has 0 aliphatic carbocycles. The van der Waals surface area contributed by atoms with Crippen LogP contribution in [0.5, 0.6) is 5.75 Å². The molecule has 0 saturated carbocycles. The summed E-state index contributed by atoms with van der Waals surface area (Å²) in [5.74, 6) is 1.51. The van der Waals surface area contributed by atoms with Gasteiger partial charge < -0.3 is 15.8 Å². The first-order valence-corrected chi connectivity index (χ1v) is 9.44. The molecule has 1 aromatic carbocycles. The summed E-state index contributed by atoms with van der Waals surface area (Å²) in [6.45, 7) is 6.03. The second-order valence-electron chi connectivity index (χ2n) is 5.87. The molecule has 2 heterocycles. The van der Waals surface area contributed by atoms with E-state index in [4.69, 9.17) is 10.5 Å². The molecule has 0 aliphatic rings. The molecule has 9 heteroatoms. The van der Waals surface area contributed by atoms with Gasteiger partial charge in [0.1, 0.15) is 16.9 Å². The number of nitrogens with two attached hydrogens (primary N) is 1. The molecule has 0 atom stereocenters. The number of carbonyl (C=O) groups is 1. The van der Waals surface area contributed by atoms with Gasteiger partial charge in [-0.3, -0.25) is 4.79 Å². The Morgan fingerprint density at radius 1 is 1.41 bits per heavy atom. The summed E-state index contributed by atoms with van der Waals surface area (Å²) in [6.07, 6.45) is 1.46. The largest absolute Gasteiger partial charge is 0.497 e. The van der Waals surface area contributed by atoms with Gasteiger partial charge in [-0.1, -0.05) is 0 Å². The van der Waals surface area contributed by atoms with Gasteiger partial charge in [-0.15, -0.1) is 0 Å². The lowest BCUT2D eigenvalue weighted by atomic mass is 10.3. The van der Waals surface area contributed by atoms with Gasteiger partial charge >= 0.3 is 0 Å². The third kappa shape index (κ3) is 3.59. The summed E-state index contributed by atoms with van der Waals surface area (Å²) in [6, 6.07) is 5.98. The molecule has 0 radical (unpaired) electrons. The molecule has 0 spiro atoms. The molecule has 0 unspecified atom stereocenters. The second kappa shape index (κ2) is 7.91. The highest BCUT2D eigenvalue weighted by Crippen LogP contribution is 2.21. The van der Waals surface area contributed by atoms with E-state index in [-0.39, 0.29) is 17.4 Å². The number of benzene rings is 1. The summed E-state index contributed by atoms with van der Waals surface area (Å²) in [5, 5.41) is 2.91. The Hall–Kier alpha value is -2.68. The molecular formula is C18H22BrN6O2+. The number of methoxy groups -OCH3 is 1. The molecule has 1 amide bonds. The van der Waals surface area contributed by atoms with Gasteiger partial charge in [-0.25, -0.2) is 19.1 Å². The lowest BCUT2D eigenvalue weighted by Gasteiger charge is -2.07. The van der Waals surface area contributed by atoms with Crippen molar-refractivity contribution < 1.29 is 14.1 Å². The smallest absolute Gasteiger partial charge is 0.277 e. The summed E-state index contributed by atoms with van der Waals surface area (Å²) in [7, 11) is 1.65. The van der Waals surface area contributed by atoms with Crippen molar-refractivity contribution in [1.29, 1.82) is 0 Å². The molecule has 0 aliphatic heterocycles. The first-order valence-electron chi connectivity index (χ1n) is 8.65. The molecule has 3 N–H and O–H groups in total. The highest BCUT2D eigenvalue weighted by atomic mass is 79.9. The van der Waals surface area contributed by atoms with Crippen LogP contribution in [0.1, 0.15) is 30.2 Å². The Morgan fingerprint density at radius 3 is 2.85 bits per heavy atom. The van der Waals surface area contributed by atoms with Crippen molar-refractivity contribution in [3.63, 3.8) is 0 Å². The van der Waals surface area contributed by atoms with Crippen molar-refractivity contribution in [2.24, 2.45) is 0 Å². The normalized spacial score (nSPS) is 11.0. The fourth-order valence-electron chi connectivity index (χ4n) is 3.18. The van der Waals surface area contributed by atoms with Gasteiger partial charge in [0.25, 0.3) is 11.7 Å². The molecule has 27 heavy (non-hydrogen) atoms. The number of hydrogen-bond acceptors (Lipinski definition) is 5. The van der Waals surface area contributed by atoms with E-state index in [0.29, 0.717) is 11.1 Å². The minimum atomic E-state index is -0.366. The third-order valence-electron chi connectivity index (χ3n) is 4.41. The Labute approximate surface area is 165 Å². The van der Waals surface area contributed by atoms with Gasteiger partial charge in [0, 0.05) is 6.07 Å². The van der Waals surface area contributed by atoms with Crippen LogP contribution < -0.4 is 20.4 Å². The van der Waals surface area contributed by atoms with Crippen molar-refractivity contribution in [2.45, 2.75) is 33.5 Å². The SMILES string of the molecule is CCn1c(CNC(=O)c2nc(Br)cnc2N)[n+](CC)c2ccc(OC)cc21. The monoisotopic (exact) mass is 433 g/mol. The minimum Gasteiger partial charge on any atom is -0.497 e. The van der Waals surface area contributed by atoms with E-state index in [0.717, 1.165) is 35.7 Å². The van der Waals surface area contributed by atoms with Gasteiger partial charge in [0.2, 0.25) is 0 Å². The molecule has 3 aromatic rings. The van der Waals surface area contributed by atoms with Gasteiger partial charge in [0.15, 0.2) is 22.5 Å². The zero-order valence-electron chi connectivity index (χ0n) is 15.5. The van der Waals surface area contributed by atoms with Crippen molar-refractivity contribution in [3.8, 4) is 5.75 Å². The number of carbonyl (C=O) groups excluding carboxylic acids is 1. The Balaban J connectivity index is 1.96. The van der Waals surface area contributed by atoms with Gasteiger partial charge in [0.05, 0.1) is 26.4 Å². The minimum absolute atomic E-state index is 0.0971. The molecule has 142 valence electrons. The number of nitrogens with zero attached hydrogens (tertiary/aromatic N) is 4. The van der Waals surface area contributed by atoms with E-state index >= 15 is 0 Å². The maximum Gasteiger partial charge on any atom is 0.277 e. The molecule has 0 bridgehead atoms. The highest BCUT2D eigenvalue weighted by molar-refractivity contribution is 9.10. The molecule has 2 aromatic heterocycles. The van der Waals surface area contributed by atoms with E-state index in [2.05, 4.69) is 54.2 Å². The first kappa shape index (κ1) is 19.1. The quantitative estimate of drug-likeness (QED) is 0.579. The number of amides is 1. The zero-order valence-corrected chi connectivity index (χ0v) is 17.1. The van der Waals surface area contributed by atoms with E-state index in [1.165, 1.54) is 6.20 Å². The number of hydrogen-bond donors (Lipinski definition) is 2. The van der Waals surface area contributed by atoms with Gasteiger partial charge in [-0.05, 0) is 41.9 Å². The first-order chi connectivity index (χ1) is 13.0. The maximum absolute atomic E-state index is 12.6. The van der Waals surface area contributed by atoms with Crippen molar-refractivity contribution in [3.05, 3.63) is 40.5 Å². The number of nitrogen functional groups attached to an aromatic ring is 1. The molecule has 8 nitrogen and oxygen atoms in total. The molecule has 0 fully saturated rings. The number of ether oxygens (including phenoxy) is 1. The third-order valence-corrected chi connectivity index (χ3v) is 4.80. The lowest BCUT2D eigenvalue weighted by Crippen LogP contribution is -2.40. The number of aromatic nitrogens is 4. The predicted molar refractivity (Wildman–Crippen MR) is 105 cm³/mol. The van der Waals surface area contributed by atoms with Crippen LogP contribution >= 0.6 is 15.9 Å². The lowest BCUT2D eigenvalue weighted by molar-refractivity contribution is -0.676. The number of rotatable bonds is 6. The fraction of sp³-hybridized carbons (Fsp3) is 0.333. The maximum atomic E-state index is 12.6. The van der Waals surface area contributed by atoms with E-state index in [9.17, 15) is 4.79 Å². The van der Waals surface area contributed by atoms with Crippen molar-refractivity contribution in [2.75, 3.05) is 12.8 Å².